The van der Waals surface area contributed by atoms with E-state index in [4.69, 9.17) is 51.8 Å². The zero-order chi connectivity index (χ0) is 23.4. The van der Waals surface area contributed by atoms with Gasteiger partial charge in [-0.1, -0.05) is 73.8 Å². The molecule has 0 saturated carbocycles. The van der Waals surface area contributed by atoms with Crippen LogP contribution in [0.4, 0.5) is 11.4 Å². The number of carbonyl (C=O) groups excluding carboxylic acids is 1. The summed E-state index contributed by atoms with van der Waals surface area (Å²) in [6.07, 6.45) is 5.43. The van der Waals surface area contributed by atoms with Crippen LogP contribution >= 0.6 is 47.0 Å². The average molecular weight is 514 g/mol. The number of thiocarbonyl (C=S) groups is 1. The number of hydrogen-bond donors (Lipinski definition) is 3. The molecule has 12 heteroatoms. The molecule has 1 amide bonds. The zero-order valence-corrected chi connectivity index (χ0v) is 20.5. The standard InChI is InChI=1S/C19H27Cl3N4O4S/c1-3-4-5-6-7-8-9-16(27)24-17(19(20,21)22)25-18(31)23-14-12-13(26(28)29)10-11-15(14)30-2/h10-12,17H,3-9H2,1-2H3,(H,24,27)(H2,23,25,31)/t17-/m0/s1. The van der Waals surface area contributed by atoms with Gasteiger partial charge >= 0.3 is 0 Å². The van der Waals surface area contributed by atoms with Gasteiger partial charge in [-0.2, -0.15) is 0 Å². The predicted octanol–water partition coefficient (Wildman–Crippen LogP) is 5.45. The maximum atomic E-state index is 12.3. The molecule has 0 fully saturated rings. The van der Waals surface area contributed by atoms with E-state index in [0.717, 1.165) is 32.1 Å². The molecule has 0 aliphatic rings. The van der Waals surface area contributed by atoms with Crippen LogP contribution in [-0.4, -0.2) is 33.0 Å². The van der Waals surface area contributed by atoms with Crippen LogP contribution in [0.5, 0.6) is 5.75 Å². The normalized spacial score (nSPS) is 12.0. The second-order valence-corrected chi connectivity index (χ2v) is 9.58. The molecule has 1 rings (SSSR count). The number of hydrogen-bond acceptors (Lipinski definition) is 5. The van der Waals surface area contributed by atoms with Gasteiger partial charge in [0, 0.05) is 18.6 Å². The van der Waals surface area contributed by atoms with Gasteiger partial charge in [0.2, 0.25) is 9.70 Å². The minimum absolute atomic E-state index is 0.0185. The fourth-order valence-electron chi connectivity index (χ4n) is 2.70. The minimum atomic E-state index is -1.89. The molecule has 0 unspecified atom stereocenters. The maximum absolute atomic E-state index is 12.3. The molecular weight excluding hydrogens is 487 g/mol. The third kappa shape index (κ3) is 10.5. The summed E-state index contributed by atoms with van der Waals surface area (Å²) < 4.78 is 3.28. The summed E-state index contributed by atoms with van der Waals surface area (Å²) in [5, 5.41) is 19.1. The first kappa shape index (κ1) is 27.5. The molecule has 3 N–H and O–H groups in total. The highest BCUT2D eigenvalue weighted by Crippen LogP contribution is 2.31. The molecule has 1 atom stereocenters. The van der Waals surface area contributed by atoms with Crippen molar-refractivity contribution >= 4 is 69.4 Å². The first-order valence-corrected chi connectivity index (χ1v) is 11.4. The van der Waals surface area contributed by atoms with Gasteiger partial charge in [-0.15, -0.1) is 0 Å². The van der Waals surface area contributed by atoms with E-state index in [0.29, 0.717) is 12.2 Å². The number of nitrogens with one attached hydrogen (secondary N) is 3. The number of ether oxygens (including phenoxy) is 1. The number of halogens is 3. The molecule has 174 valence electrons. The number of amides is 1. The van der Waals surface area contributed by atoms with Crippen LogP contribution < -0.4 is 20.7 Å². The van der Waals surface area contributed by atoms with Gasteiger partial charge in [-0.3, -0.25) is 14.9 Å². The van der Waals surface area contributed by atoms with Gasteiger partial charge in [0.25, 0.3) is 5.69 Å². The molecule has 0 bridgehead atoms. The lowest BCUT2D eigenvalue weighted by Crippen LogP contribution is -2.56. The van der Waals surface area contributed by atoms with E-state index in [1.54, 1.807) is 0 Å². The fourth-order valence-corrected chi connectivity index (χ4v) is 3.25. The quantitative estimate of drug-likeness (QED) is 0.0851. The Morgan fingerprint density at radius 2 is 1.84 bits per heavy atom. The highest BCUT2D eigenvalue weighted by Gasteiger charge is 2.34. The van der Waals surface area contributed by atoms with Gasteiger partial charge in [0.15, 0.2) is 5.11 Å². The van der Waals surface area contributed by atoms with Crippen molar-refractivity contribution in [1.29, 1.82) is 0 Å². The Bertz CT molecular complexity index is 762. The van der Waals surface area contributed by atoms with E-state index >= 15 is 0 Å². The summed E-state index contributed by atoms with van der Waals surface area (Å²) in [4.78, 5) is 22.7. The Kier molecular flexibility index (Phi) is 12.2. The zero-order valence-electron chi connectivity index (χ0n) is 17.4. The molecule has 31 heavy (non-hydrogen) atoms. The summed E-state index contributed by atoms with van der Waals surface area (Å²) >= 11 is 23.2. The van der Waals surface area contributed by atoms with Crippen molar-refractivity contribution in [2.75, 3.05) is 12.4 Å². The molecule has 0 aliphatic heterocycles. The number of unbranched alkanes of at least 4 members (excludes halogenated alkanes) is 5. The second-order valence-electron chi connectivity index (χ2n) is 6.80. The van der Waals surface area contributed by atoms with Gasteiger partial charge < -0.3 is 20.7 Å². The molecule has 0 aromatic heterocycles. The fraction of sp³-hybridized carbons (Fsp3) is 0.579. The van der Waals surface area contributed by atoms with Crippen molar-refractivity contribution in [3.8, 4) is 5.75 Å². The van der Waals surface area contributed by atoms with Crippen molar-refractivity contribution in [2.45, 2.75) is 61.8 Å². The molecule has 0 radical (unpaired) electrons. The highest BCUT2D eigenvalue weighted by atomic mass is 35.6. The van der Waals surface area contributed by atoms with Crippen LogP contribution in [0, 0.1) is 10.1 Å². The largest absolute Gasteiger partial charge is 0.495 e. The molecule has 0 aliphatic carbocycles. The Hall–Kier alpha value is -1.55. The SMILES string of the molecule is CCCCCCCCC(=O)N[C@@H](NC(=S)Nc1cc([N+](=O)[O-])ccc1OC)C(Cl)(Cl)Cl. The van der Waals surface area contributed by atoms with E-state index in [2.05, 4.69) is 22.9 Å². The van der Waals surface area contributed by atoms with E-state index in [1.165, 1.54) is 31.7 Å². The summed E-state index contributed by atoms with van der Waals surface area (Å²) in [5.41, 5.74) is 0.0898. The van der Waals surface area contributed by atoms with E-state index < -0.39 is 14.9 Å². The first-order valence-electron chi connectivity index (χ1n) is 9.84. The third-order valence-corrected chi connectivity index (χ3v) is 5.18. The van der Waals surface area contributed by atoms with E-state index in [1.807, 2.05) is 0 Å². The van der Waals surface area contributed by atoms with Crippen molar-refractivity contribution < 1.29 is 14.5 Å². The first-order chi connectivity index (χ1) is 14.6. The molecule has 0 spiro atoms. The van der Waals surface area contributed by atoms with Gasteiger partial charge in [0.1, 0.15) is 11.9 Å². The number of rotatable bonds is 12. The van der Waals surface area contributed by atoms with Crippen molar-refractivity contribution in [3.05, 3.63) is 28.3 Å². The smallest absolute Gasteiger partial charge is 0.271 e. The highest BCUT2D eigenvalue weighted by molar-refractivity contribution is 7.80. The van der Waals surface area contributed by atoms with Crippen molar-refractivity contribution in [1.82, 2.24) is 10.6 Å². The molecule has 0 heterocycles. The number of carbonyl (C=O) groups is 1. The number of methoxy groups -OCH3 is 1. The van der Waals surface area contributed by atoms with Crippen LogP contribution in [-0.2, 0) is 4.79 Å². The van der Waals surface area contributed by atoms with Gasteiger partial charge in [-0.25, -0.2) is 0 Å². The number of nitrogens with zero attached hydrogens (tertiary/aromatic N) is 1. The van der Waals surface area contributed by atoms with Crippen LogP contribution in [0.2, 0.25) is 0 Å². The Labute approximate surface area is 202 Å². The van der Waals surface area contributed by atoms with E-state index in [9.17, 15) is 14.9 Å². The second kappa shape index (κ2) is 13.8. The number of anilines is 1. The summed E-state index contributed by atoms with van der Waals surface area (Å²) in [7, 11) is 1.41. The average Bonchev–Trinajstić information content (AvgIpc) is 2.69. The monoisotopic (exact) mass is 512 g/mol. The van der Waals surface area contributed by atoms with Crippen LogP contribution in [0.15, 0.2) is 18.2 Å². The van der Waals surface area contributed by atoms with Crippen LogP contribution in [0.3, 0.4) is 0 Å². The van der Waals surface area contributed by atoms with Crippen molar-refractivity contribution in [2.24, 2.45) is 0 Å². The minimum Gasteiger partial charge on any atom is -0.495 e. The van der Waals surface area contributed by atoms with Gasteiger partial charge in [-0.05, 0) is 24.7 Å². The lowest BCUT2D eigenvalue weighted by Gasteiger charge is -2.28. The third-order valence-electron chi connectivity index (χ3n) is 4.31. The molecular formula is C19H27Cl3N4O4S. The Morgan fingerprint density at radius 3 is 2.42 bits per heavy atom. The topological polar surface area (TPSA) is 106 Å². The molecule has 0 saturated heterocycles. The summed E-state index contributed by atoms with van der Waals surface area (Å²) in [5.74, 6) is 0.0438. The molecule has 8 nitrogen and oxygen atoms in total. The lowest BCUT2D eigenvalue weighted by molar-refractivity contribution is -0.384. The lowest BCUT2D eigenvalue weighted by atomic mass is 10.1. The number of alkyl halides is 3. The van der Waals surface area contributed by atoms with Crippen LogP contribution in [0.25, 0.3) is 0 Å². The number of nitro groups is 1. The van der Waals surface area contributed by atoms with Crippen LogP contribution in [0.1, 0.15) is 51.9 Å². The Balaban J connectivity index is 2.70. The molecule has 1 aromatic carbocycles. The summed E-state index contributed by atoms with van der Waals surface area (Å²) in [6, 6.07) is 3.99. The predicted molar refractivity (Wildman–Crippen MR) is 129 cm³/mol. The number of nitro benzene ring substituents is 1. The van der Waals surface area contributed by atoms with E-state index in [-0.39, 0.29) is 22.4 Å². The Morgan fingerprint density at radius 1 is 1.19 bits per heavy atom. The maximum Gasteiger partial charge on any atom is 0.271 e. The van der Waals surface area contributed by atoms with Crippen molar-refractivity contribution in [3.63, 3.8) is 0 Å². The summed E-state index contributed by atoms with van der Waals surface area (Å²) in [6.45, 7) is 2.14. The number of benzene rings is 1. The van der Waals surface area contributed by atoms with Gasteiger partial charge in [0.05, 0.1) is 17.7 Å². The molecule has 1 aromatic rings. The number of non-ortho nitro benzene ring substituents is 1.